The molecule has 0 atom stereocenters. The predicted molar refractivity (Wildman–Crippen MR) is 65.8 cm³/mol. The van der Waals surface area contributed by atoms with E-state index in [1.807, 2.05) is 26.0 Å². The Morgan fingerprint density at radius 3 is 2.88 bits per heavy atom. The number of nitrogens with zero attached hydrogens (tertiary/aromatic N) is 3. The van der Waals surface area contributed by atoms with Crippen molar-refractivity contribution in [2.45, 2.75) is 20.3 Å². The Balaban J connectivity index is 2.84. The lowest BCUT2D eigenvalue weighted by Crippen LogP contribution is -1.95. The summed E-state index contributed by atoms with van der Waals surface area (Å²) in [5.74, 6) is 5.93. The zero-order valence-electron chi connectivity index (χ0n) is 9.49. The Hall–Kier alpha value is -2.11. The smallest absolute Gasteiger partial charge is 0.0503 e. The quantitative estimate of drug-likeness (QED) is 0.202. The molecule has 0 saturated heterocycles. The van der Waals surface area contributed by atoms with E-state index >= 15 is 0 Å². The van der Waals surface area contributed by atoms with E-state index in [1.165, 1.54) is 0 Å². The highest BCUT2D eigenvalue weighted by Crippen LogP contribution is 2.18. The van der Waals surface area contributed by atoms with Crippen molar-refractivity contribution >= 4 is 5.69 Å². The maximum atomic E-state index is 8.09. The van der Waals surface area contributed by atoms with Crippen LogP contribution in [0.2, 0.25) is 0 Å². The number of rotatable bonds is 2. The van der Waals surface area contributed by atoms with E-state index in [4.69, 9.17) is 11.3 Å². The van der Waals surface area contributed by atoms with Gasteiger partial charge in [-0.15, -0.1) is 0 Å². The van der Waals surface area contributed by atoms with Crippen molar-refractivity contribution in [1.29, 1.82) is 0 Å². The summed E-state index contributed by atoms with van der Waals surface area (Å²) in [4.78, 5) is 2.66. The summed E-state index contributed by atoms with van der Waals surface area (Å²) >= 11 is 0. The first-order chi connectivity index (χ1) is 7.65. The molecule has 4 heteroatoms. The van der Waals surface area contributed by atoms with Gasteiger partial charge in [0.25, 0.3) is 0 Å². The molecular formula is C12H14N4. The molecule has 0 aliphatic carbocycles. The number of hydrogen-bond donors (Lipinski definition) is 1. The summed E-state index contributed by atoms with van der Waals surface area (Å²) in [6.07, 6.45) is 0.552. The fraction of sp³-hybridized carbons (Fsp3) is 0.333. The lowest BCUT2D eigenvalue weighted by atomic mass is 10.0. The summed E-state index contributed by atoms with van der Waals surface area (Å²) < 4.78 is 0. The number of benzene rings is 1. The van der Waals surface area contributed by atoms with Crippen molar-refractivity contribution in [3.8, 4) is 11.8 Å². The Morgan fingerprint density at radius 2 is 2.19 bits per heavy atom. The highest BCUT2D eigenvalue weighted by molar-refractivity contribution is 5.61. The zero-order valence-corrected chi connectivity index (χ0v) is 9.49. The lowest BCUT2D eigenvalue weighted by Gasteiger charge is -2.04. The van der Waals surface area contributed by atoms with Crippen LogP contribution in [0, 0.1) is 25.7 Å². The molecule has 0 aliphatic rings. The maximum Gasteiger partial charge on any atom is 0.0503 e. The van der Waals surface area contributed by atoms with Crippen LogP contribution in [0.5, 0.6) is 0 Å². The van der Waals surface area contributed by atoms with Crippen LogP contribution in [0.25, 0.3) is 10.4 Å². The standard InChI is InChI=1S/C12H14N4/c1-9-7-10(2)12(13)11(8-9)5-3-4-6-15-16-14/h7-8H,4,6,13H2,1-2H3. The van der Waals surface area contributed by atoms with E-state index in [0.29, 0.717) is 13.0 Å². The van der Waals surface area contributed by atoms with Gasteiger partial charge in [-0.05, 0) is 36.6 Å². The molecule has 2 N–H and O–H groups in total. The van der Waals surface area contributed by atoms with Crippen LogP contribution in [0.3, 0.4) is 0 Å². The molecule has 0 aromatic heterocycles. The van der Waals surface area contributed by atoms with Gasteiger partial charge >= 0.3 is 0 Å². The molecule has 0 radical (unpaired) electrons. The minimum absolute atomic E-state index is 0.397. The van der Waals surface area contributed by atoms with Gasteiger partial charge in [-0.25, -0.2) is 0 Å². The van der Waals surface area contributed by atoms with Gasteiger partial charge in [0.05, 0.1) is 5.69 Å². The summed E-state index contributed by atoms with van der Waals surface area (Å²) in [5.41, 5.74) is 17.8. The van der Waals surface area contributed by atoms with E-state index < -0.39 is 0 Å². The Bertz CT molecular complexity index is 488. The first kappa shape index (κ1) is 12.0. The average molecular weight is 214 g/mol. The third-order valence-corrected chi connectivity index (χ3v) is 2.15. The highest BCUT2D eigenvalue weighted by Gasteiger charge is 2.00. The number of hydrogen-bond acceptors (Lipinski definition) is 2. The second-order valence-corrected chi connectivity index (χ2v) is 3.55. The van der Waals surface area contributed by atoms with Gasteiger partial charge in [0.2, 0.25) is 0 Å². The van der Waals surface area contributed by atoms with E-state index in [9.17, 15) is 0 Å². The summed E-state index contributed by atoms with van der Waals surface area (Å²) in [7, 11) is 0. The molecule has 0 unspecified atom stereocenters. The predicted octanol–water partition coefficient (Wildman–Crippen LogP) is 2.94. The van der Waals surface area contributed by atoms with Crippen molar-refractivity contribution in [1.82, 2.24) is 0 Å². The number of nitrogen functional groups attached to an aromatic ring is 1. The molecule has 0 aliphatic heterocycles. The highest BCUT2D eigenvalue weighted by atomic mass is 15.1. The van der Waals surface area contributed by atoms with Crippen LogP contribution in [0.15, 0.2) is 17.2 Å². The SMILES string of the molecule is Cc1cc(C)c(N)c(C#CCCN=[N+]=[N-])c1. The van der Waals surface area contributed by atoms with Crippen LogP contribution in [-0.4, -0.2) is 6.54 Å². The van der Waals surface area contributed by atoms with Crippen molar-refractivity contribution < 1.29 is 0 Å². The molecule has 0 saturated carbocycles. The van der Waals surface area contributed by atoms with E-state index in [2.05, 4.69) is 21.9 Å². The van der Waals surface area contributed by atoms with Crippen LogP contribution in [0.1, 0.15) is 23.1 Å². The van der Waals surface area contributed by atoms with Crippen LogP contribution >= 0.6 is 0 Å². The summed E-state index contributed by atoms with van der Waals surface area (Å²) in [6.45, 7) is 4.37. The van der Waals surface area contributed by atoms with E-state index in [1.54, 1.807) is 0 Å². The topological polar surface area (TPSA) is 74.8 Å². The fourth-order valence-corrected chi connectivity index (χ4v) is 1.39. The molecule has 1 rings (SSSR count). The molecule has 0 heterocycles. The van der Waals surface area contributed by atoms with Crippen molar-refractivity contribution in [3.05, 3.63) is 39.3 Å². The molecule has 0 fully saturated rings. The monoisotopic (exact) mass is 214 g/mol. The van der Waals surface area contributed by atoms with Crippen molar-refractivity contribution in [2.75, 3.05) is 12.3 Å². The number of azide groups is 1. The molecule has 82 valence electrons. The Morgan fingerprint density at radius 1 is 1.44 bits per heavy atom. The Kier molecular flexibility index (Phi) is 4.26. The number of aryl methyl sites for hydroxylation is 2. The van der Waals surface area contributed by atoms with Crippen LogP contribution in [-0.2, 0) is 0 Å². The van der Waals surface area contributed by atoms with Gasteiger partial charge in [-0.2, -0.15) is 0 Å². The third kappa shape index (κ3) is 3.23. The van der Waals surface area contributed by atoms with Crippen molar-refractivity contribution in [2.24, 2.45) is 5.11 Å². The van der Waals surface area contributed by atoms with Gasteiger partial charge in [0.15, 0.2) is 0 Å². The molecule has 0 amide bonds. The number of anilines is 1. The summed E-state index contributed by atoms with van der Waals surface area (Å²) in [6, 6.07) is 3.99. The molecule has 1 aromatic rings. The Labute approximate surface area is 95.1 Å². The van der Waals surface area contributed by atoms with E-state index in [-0.39, 0.29) is 0 Å². The molecular weight excluding hydrogens is 200 g/mol. The van der Waals surface area contributed by atoms with Crippen molar-refractivity contribution in [3.63, 3.8) is 0 Å². The first-order valence-corrected chi connectivity index (χ1v) is 5.01. The minimum Gasteiger partial charge on any atom is -0.398 e. The summed E-state index contributed by atoms with van der Waals surface area (Å²) in [5, 5.41) is 3.41. The minimum atomic E-state index is 0.397. The molecule has 1 aromatic carbocycles. The second-order valence-electron chi connectivity index (χ2n) is 3.55. The second kappa shape index (κ2) is 5.69. The van der Waals surface area contributed by atoms with Gasteiger partial charge in [0.1, 0.15) is 0 Å². The first-order valence-electron chi connectivity index (χ1n) is 5.01. The third-order valence-electron chi connectivity index (χ3n) is 2.15. The molecule has 0 spiro atoms. The molecule has 0 bridgehead atoms. The fourth-order valence-electron chi connectivity index (χ4n) is 1.39. The van der Waals surface area contributed by atoms with Crippen LogP contribution < -0.4 is 5.73 Å². The van der Waals surface area contributed by atoms with Gasteiger partial charge in [-0.1, -0.05) is 23.0 Å². The molecule has 16 heavy (non-hydrogen) atoms. The van der Waals surface area contributed by atoms with Crippen LogP contribution in [0.4, 0.5) is 5.69 Å². The molecule has 4 nitrogen and oxygen atoms in total. The largest absolute Gasteiger partial charge is 0.398 e. The van der Waals surface area contributed by atoms with Gasteiger partial charge in [-0.3, -0.25) is 0 Å². The van der Waals surface area contributed by atoms with Gasteiger partial charge < -0.3 is 5.73 Å². The van der Waals surface area contributed by atoms with Gasteiger partial charge in [0, 0.05) is 23.4 Å². The lowest BCUT2D eigenvalue weighted by molar-refractivity contribution is 1.01. The maximum absolute atomic E-state index is 8.09. The normalized spacial score (nSPS) is 8.88. The zero-order chi connectivity index (χ0) is 12.0. The van der Waals surface area contributed by atoms with E-state index in [0.717, 1.165) is 22.4 Å². The number of nitrogens with two attached hydrogens (primary N) is 1. The average Bonchev–Trinajstić information content (AvgIpc) is 2.24.